The first-order valence-corrected chi connectivity index (χ1v) is 14.3. The smallest absolute Gasteiger partial charge is 0.323 e. The number of anilines is 6. The predicted octanol–water partition coefficient (Wildman–Crippen LogP) is 6.17. The lowest BCUT2D eigenvalue weighted by Crippen LogP contribution is -2.42. The van der Waals surface area contributed by atoms with Crippen molar-refractivity contribution in [2.24, 2.45) is 0 Å². The second-order valence-corrected chi connectivity index (χ2v) is 9.83. The van der Waals surface area contributed by atoms with E-state index in [4.69, 9.17) is 9.51 Å². The summed E-state index contributed by atoms with van der Waals surface area (Å²) < 4.78 is 5.11. The molecule has 3 amide bonds. The fraction of sp³-hybridized carbons (Fsp3) is 0.433. The molecular weight excluding hydrogens is 534 g/mol. The zero-order valence-electron chi connectivity index (χ0n) is 25.8. The van der Waals surface area contributed by atoms with E-state index in [0.29, 0.717) is 57.6 Å². The normalized spacial score (nSPS) is 14.5. The Morgan fingerprint density at radius 2 is 1.81 bits per heavy atom. The number of rotatable bonds is 4. The molecule has 1 aromatic carbocycles. The number of nitrogens with one attached hydrogen (secondary N) is 4. The molecule has 0 spiro atoms. The maximum Gasteiger partial charge on any atom is 0.323 e. The zero-order valence-corrected chi connectivity index (χ0v) is 25.8. The molecule has 0 bridgehead atoms. The van der Waals surface area contributed by atoms with Crippen molar-refractivity contribution in [2.45, 2.75) is 60.4 Å². The SMILES string of the molecule is C/C=C\C.CC.Cc1noc(C)c1NC(=O)Nc1cccc2c1Nc1nc(N(C)C3CCN(C)CC3)ncc1C(=O)N2. The van der Waals surface area contributed by atoms with Gasteiger partial charge in [0.15, 0.2) is 5.76 Å². The predicted molar refractivity (Wildman–Crippen MR) is 169 cm³/mol. The number of nitrogens with zero attached hydrogens (tertiary/aromatic N) is 5. The van der Waals surface area contributed by atoms with Gasteiger partial charge in [-0.2, -0.15) is 4.98 Å². The standard InChI is InChI=1S/C24H29N9O3.C4H8.C2H6/c1-13-19(14(2)36-31-13)29-24(35)27-18-7-5-6-17-20(18)28-21-16(22(34)26-17)12-25-23(30-21)33(4)15-8-10-32(3)11-9-15;1-3-4-2;1-2/h5-7,12,15H,8-11H2,1-4H3,(H,26,34)(H,25,28,30)(H2,27,29,35);3-4H,1-2H3;1-2H3/b;4-3-;. The van der Waals surface area contributed by atoms with Gasteiger partial charge in [0.2, 0.25) is 5.95 Å². The van der Waals surface area contributed by atoms with Gasteiger partial charge in [0, 0.05) is 19.3 Å². The van der Waals surface area contributed by atoms with Gasteiger partial charge in [0.1, 0.15) is 22.8 Å². The average Bonchev–Trinajstić information content (AvgIpc) is 3.22. The molecule has 2 aliphatic heterocycles. The molecule has 42 heavy (non-hydrogen) atoms. The molecule has 5 rings (SSSR count). The van der Waals surface area contributed by atoms with Crippen molar-refractivity contribution in [1.29, 1.82) is 0 Å². The third-order valence-corrected chi connectivity index (χ3v) is 6.98. The van der Waals surface area contributed by atoms with Gasteiger partial charge in [-0.25, -0.2) is 9.78 Å². The van der Waals surface area contributed by atoms with Crippen LogP contribution in [0.1, 0.15) is 62.3 Å². The molecular formula is C30H43N9O3. The number of carbonyl (C=O) groups excluding carboxylic acids is 2. The minimum absolute atomic E-state index is 0.316. The summed E-state index contributed by atoms with van der Waals surface area (Å²) in [5, 5.41) is 15.6. The number of carbonyl (C=O) groups is 2. The van der Waals surface area contributed by atoms with Crippen molar-refractivity contribution in [2.75, 3.05) is 53.4 Å². The Balaban J connectivity index is 0.000000745. The Morgan fingerprint density at radius 3 is 2.43 bits per heavy atom. The van der Waals surface area contributed by atoms with Gasteiger partial charge in [-0.1, -0.05) is 37.2 Å². The first-order valence-electron chi connectivity index (χ1n) is 14.3. The van der Waals surface area contributed by atoms with Crippen LogP contribution in [0.15, 0.2) is 41.1 Å². The van der Waals surface area contributed by atoms with Crippen LogP contribution in [-0.2, 0) is 0 Å². The second-order valence-electron chi connectivity index (χ2n) is 9.83. The van der Waals surface area contributed by atoms with Crippen LogP contribution in [-0.4, -0.2) is 65.2 Å². The molecule has 2 aromatic heterocycles. The minimum atomic E-state index is -0.472. The van der Waals surface area contributed by atoms with Crippen LogP contribution in [0.25, 0.3) is 0 Å². The summed E-state index contributed by atoms with van der Waals surface area (Å²) in [6, 6.07) is 5.08. The average molecular weight is 578 g/mol. The summed E-state index contributed by atoms with van der Waals surface area (Å²) in [5.74, 6) is 1.08. The molecule has 12 nitrogen and oxygen atoms in total. The van der Waals surface area contributed by atoms with Crippen LogP contribution in [0.5, 0.6) is 0 Å². The van der Waals surface area contributed by atoms with E-state index in [0.717, 1.165) is 25.9 Å². The number of fused-ring (bicyclic) bond motifs is 2. The van der Waals surface area contributed by atoms with Crippen molar-refractivity contribution < 1.29 is 14.1 Å². The van der Waals surface area contributed by atoms with Gasteiger partial charge in [-0.15, -0.1) is 0 Å². The Labute approximate surface area is 248 Å². The fourth-order valence-electron chi connectivity index (χ4n) is 4.48. The van der Waals surface area contributed by atoms with E-state index in [1.807, 2.05) is 46.9 Å². The van der Waals surface area contributed by atoms with E-state index in [1.54, 1.807) is 32.0 Å². The largest absolute Gasteiger partial charge is 0.359 e. The Kier molecular flexibility index (Phi) is 11.4. The van der Waals surface area contributed by atoms with Crippen molar-refractivity contribution in [3.8, 4) is 0 Å². The quantitative estimate of drug-likeness (QED) is 0.268. The number of likely N-dealkylation sites (tertiary alicyclic amines) is 1. The van der Waals surface area contributed by atoms with E-state index >= 15 is 0 Å². The molecule has 0 radical (unpaired) electrons. The van der Waals surface area contributed by atoms with Crippen LogP contribution < -0.4 is 26.2 Å². The molecule has 0 unspecified atom stereocenters. The van der Waals surface area contributed by atoms with Gasteiger partial charge >= 0.3 is 6.03 Å². The number of hydrogen-bond acceptors (Lipinski definition) is 9. The highest BCUT2D eigenvalue weighted by molar-refractivity contribution is 6.14. The molecule has 0 saturated carbocycles. The fourth-order valence-corrected chi connectivity index (χ4v) is 4.48. The van der Waals surface area contributed by atoms with Crippen LogP contribution in [0.3, 0.4) is 0 Å². The molecule has 3 aromatic rings. The number of benzene rings is 1. The number of para-hydroxylation sites is 1. The maximum atomic E-state index is 12.9. The van der Waals surface area contributed by atoms with Crippen LogP contribution in [0.2, 0.25) is 0 Å². The Morgan fingerprint density at radius 1 is 1.12 bits per heavy atom. The molecule has 2 aliphatic rings. The van der Waals surface area contributed by atoms with E-state index in [1.165, 1.54) is 6.20 Å². The Hall–Kier alpha value is -4.45. The maximum absolute atomic E-state index is 12.9. The van der Waals surface area contributed by atoms with Crippen molar-refractivity contribution in [3.05, 3.63) is 53.6 Å². The van der Waals surface area contributed by atoms with E-state index in [-0.39, 0.29) is 5.91 Å². The van der Waals surface area contributed by atoms with Crippen LogP contribution >= 0.6 is 0 Å². The van der Waals surface area contributed by atoms with E-state index in [9.17, 15) is 9.59 Å². The molecule has 4 heterocycles. The van der Waals surface area contributed by atoms with Gasteiger partial charge in [-0.3, -0.25) is 4.79 Å². The third-order valence-electron chi connectivity index (χ3n) is 6.98. The van der Waals surface area contributed by atoms with Crippen molar-refractivity contribution >= 4 is 46.5 Å². The van der Waals surface area contributed by atoms with Crippen LogP contribution in [0, 0.1) is 13.8 Å². The van der Waals surface area contributed by atoms with E-state index < -0.39 is 6.03 Å². The van der Waals surface area contributed by atoms with Crippen LogP contribution in [0.4, 0.5) is 39.3 Å². The topological polar surface area (TPSA) is 141 Å². The summed E-state index contributed by atoms with van der Waals surface area (Å²) >= 11 is 0. The number of allylic oxidation sites excluding steroid dienone is 2. The number of urea groups is 1. The lowest BCUT2D eigenvalue weighted by molar-refractivity contribution is 0.102. The summed E-state index contributed by atoms with van der Waals surface area (Å²) in [7, 11) is 4.10. The molecule has 4 N–H and O–H groups in total. The first-order chi connectivity index (χ1) is 20.2. The lowest BCUT2D eigenvalue weighted by Gasteiger charge is -2.35. The molecule has 12 heteroatoms. The Bertz CT molecular complexity index is 1370. The number of aryl methyl sites for hydroxylation is 2. The van der Waals surface area contributed by atoms with Gasteiger partial charge in [0.25, 0.3) is 5.91 Å². The number of hydrogen-bond donors (Lipinski definition) is 4. The van der Waals surface area contributed by atoms with E-state index in [2.05, 4.69) is 48.3 Å². The number of piperidine rings is 1. The summed E-state index contributed by atoms with van der Waals surface area (Å²) in [4.78, 5) is 39.3. The number of amides is 3. The van der Waals surface area contributed by atoms with Gasteiger partial charge in [0.05, 0.1) is 17.1 Å². The summed E-state index contributed by atoms with van der Waals surface area (Å²) in [5.41, 5.74) is 2.90. The van der Waals surface area contributed by atoms with Gasteiger partial charge < -0.3 is 35.6 Å². The highest BCUT2D eigenvalue weighted by Crippen LogP contribution is 2.37. The number of aromatic nitrogens is 3. The highest BCUT2D eigenvalue weighted by Gasteiger charge is 2.27. The first kappa shape index (κ1) is 32.1. The summed E-state index contributed by atoms with van der Waals surface area (Å²) in [6.45, 7) is 13.5. The second kappa shape index (κ2) is 15.0. The summed E-state index contributed by atoms with van der Waals surface area (Å²) in [6.07, 6.45) is 7.56. The molecule has 226 valence electrons. The molecule has 1 saturated heterocycles. The highest BCUT2D eigenvalue weighted by atomic mass is 16.5. The molecule has 0 atom stereocenters. The zero-order chi connectivity index (χ0) is 30.8. The molecule has 1 fully saturated rings. The third kappa shape index (κ3) is 7.64. The lowest BCUT2D eigenvalue weighted by atomic mass is 10.0. The molecule has 0 aliphatic carbocycles. The monoisotopic (exact) mass is 577 g/mol. The van der Waals surface area contributed by atoms with Crippen molar-refractivity contribution in [3.63, 3.8) is 0 Å². The van der Waals surface area contributed by atoms with Gasteiger partial charge in [-0.05, 0) is 72.8 Å². The minimum Gasteiger partial charge on any atom is -0.359 e. The van der Waals surface area contributed by atoms with Crippen molar-refractivity contribution in [1.82, 2.24) is 20.0 Å².